The highest BCUT2D eigenvalue weighted by molar-refractivity contribution is 6.01. The topological polar surface area (TPSA) is 123 Å². The van der Waals surface area contributed by atoms with Gasteiger partial charge in [-0.25, -0.2) is 14.8 Å². The first-order valence-electron chi connectivity index (χ1n) is 9.06. The van der Waals surface area contributed by atoms with E-state index in [4.69, 9.17) is 19.9 Å². The van der Waals surface area contributed by atoms with Crippen molar-refractivity contribution in [2.75, 3.05) is 13.2 Å². The lowest BCUT2D eigenvalue weighted by atomic mass is 9.93. The lowest BCUT2D eigenvalue weighted by Crippen LogP contribution is -2.41. The summed E-state index contributed by atoms with van der Waals surface area (Å²) in [5, 5.41) is 15.3. The van der Waals surface area contributed by atoms with E-state index in [0.29, 0.717) is 25.0 Å². The Balaban J connectivity index is 1.93. The Labute approximate surface area is 165 Å². The van der Waals surface area contributed by atoms with Crippen molar-refractivity contribution in [3.63, 3.8) is 0 Å². The Hall–Kier alpha value is -2.86. The number of amidine groups is 1. The quantitative estimate of drug-likeness (QED) is 0.693. The van der Waals surface area contributed by atoms with Crippen LogP contribution in [0.15, 0.2) is 34.5 Å². The summed E-state index contributed by atoms with van der Waals surface area (Å²) >= 11 is 0. The van der Waals surface area contributed by atoms with Crippen LogP contribution in [0.4, 0.5) is 4.79 Å². The van der Waals surface area contributed by atoms with E-state index in [9.17, 15) is 10.1 Å². The first-order chi connectivity index (χ1) is 13.2. The highest BCUT2D eigenvalue weighted by Crippen LogP contribution is 2.34. The van der Waals surface area contributed by atoms with Crippen molar-refractivity contribution in [2.45, 2.75) is 51.9 Å². The number of hydrazone groups is 1. The molecule has 1 fully saturated rings. The van der Waals surface area contributed by atoms with Crippen LogP contribution in [0.1, 0.15) is 40.0 Å². The molecule has 152 valence electrons. The van der Waals surface area contributed by atoms with Crippen molar-refractivity contribution in [1.29, 1.82) is 5.26 Å². The fraction of sp³-hybridized carbons (Fsp3) is 0.579. The van der Waals surface area contributed by atoms with Crippen molar-refractivity contribution in [3.8, 4) is 6.07 Å². The molecule has 0 saturated carbocycles. The molecule has 9 nitrogen and oxygen atoms in total. The smallest absolute Gasteiger partial charge is 0.434 e. The maximum atomic E-state index is 11.8. The van der Waals surface area contributed by atoms with Crippen LogP contribution < -0.4 is 5.73 Å². The maximum absolute atomic E-state index is 11.8. The van der Waals surface area contributed by atoms with Crippen molar-refractivity contribution < 1.29 is 19.0 Å². The number of hydrogen-bond donors (Lipinski definition) is 1. The van der Waals surface area contributed by atoms with Gasteiger partial charge in [0.05, 0.1) is 6.61 Å². The molecule has 0 amide bonds. The number of allylic oxidation sites excluding steroid dienone is 2. The molecule has 0 aliphatic carbocycles. The van der Waals surface area contributed by atoms with Crippen LogP contribution in [-0.4, -0.2) is 48.4 Å². The van der Waals surface area contributed by atoms with Gasteiger partial charge in [-0.15, -0.1) is 0 Å². The molecule has 0 aromatic heterocycles. The van der Waals surface area contributed by atoms with Crippen molar-refractivity contribution in [2.24, 2.45) is 21.2 Å². The number of ether oxygens (including phenoxy) is 3. The van der Waals surface area contributed by atoms with Crippen molar-refractivity contribution in [1.82, 2.24) is 5.01 Å². The molecule has 2 atom stereocenters. The summed E-state index contributed by atoms with van der Waals surface area (Å²) in [5.41, 5.74) is 5.20. The Kier molecular flexibility index (Phi) is 6.80. The molecule has 0 bridgehead atoms. The highest BCUT2D eigenvalue weighted by atomic mass is 16.7. The molecule has 0 aromatic rings. The van der Waals surface area contributed by atoms with Gasteiger partial charge in [0.2, 0.25) is 0 Å². The molecule has 0 unspecified atom stereocenters. The third-order valence-electron chi connectivity index (χ3n) is 4.29. The number of nitrogens with zero attached hydrogens (tertiary/aromatic N) is 4. The van der Waals surface area contributed by atoms with E-state index in [1.165, 1.54) is 6.34 Å². The molecule has 2 aliphatic heterocycles. The van der Waals surface area contributed by atoms with E-state index in [1.54, 1.807) is 17.2 Å². The van der Waals surface area contributed by atoms with Gasteiger partial charge in [-0.2, -0.15) is 10.4 Å². The van der Waals surface area contributed by atoms with Gasteiger partial charge in [-0.1, -0.05) is 33.4 Å². The average Bonchev–Trinajstić information content (AvgIpc) is 3.06. The van der Waals surface area contributed by atoms with Crippen LogP contribution in [0.25, 0.3) is 0 Å². The predicted octanol–water partition coefficient (Wildman–Crippen LogP) is 2.66. The third-order valence-corrected chi connectivity index (χ3v) is 4.29. The number of carbonyl (C=O) groups excluding carboxylic acids is 1. The van der Waals surface area contributed by atoms with Gasteiger partial charge in [0.15, 0.2) is 17.7 Å². The van der Waals surface area contributed by atoms with Crippen LogP contribution >= 0.6 is 0 Å². The Morgan fingerprint density at radius 3 is 2.96 bits per heavy atom. The minimum atomic E-state index is -1.27. The van der Waals surface area contributed by atoms with E-state index < -0.39 is 18.0 Å². The van der Waals surface area contributed by atoms with Crippen LogP contribution in [0.3, 0.4) is 0 Å². The predicted molar refractivity (Wildman–Crippen MR) is 104 cm³/mol. The van der Waals surface area contributed by atoms with Gasteiger partial charge in [0, 0.05) is 0 Å². The van der Waals surface area contributed by atoms with Crippen LogP contribution in [-0.2, 0) is 14.2 Å². The first kappa shape index (κ1) is 21.4. The number of aliphatic imine (C=N–C) groups is 1. The minimum absolute atomic E-state index is 0.0483. The molecule has 9 heteroatoms. The van der Waals surface area contributed by atoms with E-state index in [0.717, 1.165) is 0 Å². The van der Waals surface area contributed by atoms with Gasteiger partial charge in [0.25, 0.3) is 0 Å². The first-order valence-corrected chi connectivity index (χ1v) is 9.06. The van der Waals surface area contributed by atoms with E-state index in [-0.39, 0.29) is 24.5 Å². The number of carbonyl (C=O) groups is 1. The lowest BCUT2D eigenvalue weighted by Gasteiger charge is -2.30. The summed E-state index contributed by atoms with van der Waals surface area (Å²) in [7, 11) is 0. The molecule has 0 aromatic carbocycles. The summed E-state index contributed by atoms with van der Waals surface area (Å²) in [6.07, 6.45) is 4.75. The molecule has 1 saturated heterocycles. The summed E-state index contributed by atoms with van der Waals surface area (Å²) in [6.45, 7) is 9.83. The molecule has 2 N–H and O–H groups in total. The number of hydrogen-bond acceptors (Lipinski definition) is 9. The zero-order valence-corrected chi connectivity index (χ0v) is 16.6. The van der Waals surface area contributed by atoms with E-state index in [2.05, 4.69) is 43.5 Å². The average molecular weight is 389 g/mol. The maximum Gasteiger partial charge on any atom is 0.508 e. The highest BCUT2D eigenvalue weighted by Gasteiger charge is 2.45. The molecule has 2 rings (SSSR count). The zero-order valence-electron chi connectivity index (χ0n) is 16.6. The molecule has 2 heterocycles. The zero-order chi connectivity index (χ0) is 20.8. The second kappa shape index (κ2) is 8.89. The number of rotatable bonds is 6. The Morgan fingerprint density at radius 1 is 1.57 bits per heavy atom. The second-order valence-electron chi connectivity index (χ2n) is 7.79. The molecular weight excluding hydrogens is 362 g/mol. The fourth-order valence-electron chi connectivity index (χ4n) is 2.68. The third kappa shape index (κ3) is 5.57. The number of nitriles is 1. The fourth-order valence-corrected chi connectivity index (χ4v) is 2.68. The molecule has 0 spiro atoms. The summed E-state index contributed by atoms with van der Waals surface area (Å²) < 4.78 is 16.1. The second-order valence-corrected chi connectivity index (χ2v) is 7.79. The van der Waals surface area contributed by atoms with Crippen molar-refractivity contribution in [3.05, 3.63) is 24.4 Å². The summed E-state index contributed by atoms with van der Waals surface area (Å²) in [6, 6.07) is 2.11. The van der Waals surface area contributed by atoms with Gasteiger partial charge in [0.1, 0.15) is 24.7 Å². The lowest BCUT2D eigenvalue weighted by molar-refractivity contribution is -0.0945. The minimum Gasteiger partial charge on any atom is -0.434 e. The molecule has 28 heavy (non-hydrogen) atoms. The van der Waals surface area contributed by atoms with Crippen LogP contribution in [0.5, 0.6) is 0 Å². The standard InChI is InChI=1S/C19H27N5O4/c1-5-6-14-16(21)22-13-23-24(14)15-7-8-19(11-20,28-15)12-27-17(25)26-10-9-18(2,3)4/h5-6,13,15H,1,7-10,12H2,2-4H3,(H2,21,22,23)/b14-6-/t15-,19-/m1/s1. The van der Waals surface area contributed by atoms with Crippen LogP contribution in [0, 0.1) is 16.7 Å². The molecule has 0 radical (unpaired) electrons. The Bertz CT molecular complexity index is 732. The summed E-state index contributed by atoms with van der Waals surface area (Å²) in [5.74, 6) is 0.270. The SMILES string of the molecule is C=C/C=C1/C(N)=NC=NN1[C@H]1CC[C@@](C#N)(COC(=O)OCCC(C)(C)C)O1. The molecular formula is C19H27N5O4. The van der Waals surface area contributed by atoms with E-state index >= 15 is 0 Å². The van der Waals surface area contributed by atoms with Gasteiger partial charge < -0.3 is 19.9 Å². The van der Waals surface area contributed by atoms with Gasteiger partial charge in [-0.3, -0.25) is 0 Å². The van der Waals surface area contributed by atoms with Crippen molar-refractivity contribution >= 4 is 18.3 Å². The van der Waals surface area contributed by atoms with Gasteiger partial charge in [-0.05, 0) is 30.8 Å². The largest absolute Gasteiger partial charge is 0.508 e. The molecule has 2 aliphatic rings. The van der Waals surface area contributed by atoms with Crippen LogP contribution in [0.2, 0.25) is 0 Å². The van der Waals surface area contributed by atoms with E-state index in [1.807, 2.05) is 0 Å². The monoisotopic (exact) mass is 389 g/mol. The summed E-state index contributed by atoms with van der Waals surface area (Å²) in [4.78, 5) is 15.8. The number of nitrogens with two attached hydrogens (primary N) is 1. The normalized spacial score (nSPS) is 25.9. The van der Waals surface area contributed by atoms with Gasteiger partial charge >= 0.3 is 6.16 Å². The Morgan fingerprint density at radius 2 is 2.32 bits per heavy atom.